The highest BCUT2D eigenvalue weighted by molar-refractivity contribution is 6.06. The van der Waals surface area contributed by atoms with Gasteiger partial charge in [-0.05, 0) is 92.5 Å². The van der Waals surface area contributed by atoms with E-state index in [1.807, 2.05) is 25.1 Å². The second-order valence-corrected chi connectivity index (χ2v) is 8.30. The van der Waals surface area contributed by atoms with E-state index in [1.165, 1.54) is 33.9 Å². The summed E-state index contributed by atoms with van der Waals surface area (Å²) in [6, 6.07) is 16.9. The van der Waals surface area contributed by atoms with Gasteiger partial charge in [0, 0.05) is 11.3 Å². The second kappa shape index (κ2) is 10.4. The van der Waals surface area contributed by atoms with Crippen molar-refractivity contribution in [3.8, 4) is 0 Å². The molecule has 166 valence electrons. The third-order valence-electron chi connectivity index (χ3n) is 6.09. The average Bonchev–Trinajstić information content (AvgIpc) is 3.02. The first-order valence-electron chi connectivity index (χ1n) is 11.4. The smallest absolute Gasteiger partial charge is 0.117 e. The first kappa shape index (κ1) is 22.0. The Morgan fingerprint density at radius 1 is 1.06 bits per heavy atom. The monoisotopic (exact) mass is 429 g/mol. The van der Waals surface area contributed by atoms with Crippen LogP contribution in [0.25, 0.3) is 10.8 Å². The molecule has 0 N–H and O–H groups in total. The maximum absolute atomic E-state index is 5.79. The fraction of sp³-hybridized carbons (Fsp3) is 0.370. The van der Waals surface area contributed by atoms with Crippen LogP contribution in [0.1, 0.15) is 60.7 Å². The van der Waals surface area contributed by atoms with Gasteiger partial charge in [0.15, 0.2) is 0 Å². The molecule has 0 bridgehead atoms. The van der Waals surface area contributed by atoms with Gasteiger partial charge < -0.3 is 9.68 Å². The Hall–Kier alpha value is -3.21. The lowest BCUT2D eigenvalue weighted by Gasteiger charge is -2.14. The zero-order chi connectivity index (χ0) is 22.3. The molecule has 0 fully saturated rings. The third-order valence-corrected chi connectivity index (χ3v) is 6.09. The second-order valence-electron chi connectivity index (χ2n) is 8.30. The first-order valence-corrected chi connectivity index (χ1v) is 11.4. The number of hydrogen-bond acceptors (Lipinski definition) is 5. The number of pyridine rings is 1. The normalized spacial score (nSPS) is 15.5. The van der Waals surface area contributed by atoms with Crippen molar-refractivity contribution in [1.29, 1.82) is 0 Å². The maximum Gasteiger partial charge on any atom is 0.117 e. The molecule has 1 aliphatic rings. The van der Waals surface area contributed by atoms with Gasteiger partial charge in [-0.25, -0.2) is 0 Å². The molecule has 0 aliphatic heterocycles. The van der Waals surface area contributed by atoms with Crippen LogP contribution in [-0.4, -0.2) is 30.1 Å². The Morgan fingerprint density at radius 3 is 2.78 bits per heavy atom. The van der Waals surface area contributed by atoms with Crippen LogP contribution >= 0.6 is 0 Å². The van der Waals surface area contributed by atoms with E-state index in [4.69, 9.17) is 9.68 Å². The van der Waals surface area contributed by atoms with Crippen molar-refractivity contribution in [3.05, 3.63) is 76.6 Å². The van der Waals surface area contributed by atoms with Crippen LogP contribution in [0.3, 0.4) is 0 Å². The Labute approximate surface area is 190 Å². The summed E-state index contributed by atoms with van der Waals surface area (Å²) in [7, 11) is 1.54. The lowest BCUT2D eigenvalue weighted by Crippen LogP contribution is -2.06. The molecule has 5 nitrogen and oxygen atoms in total. The lowest BCUT2D eigenvalue weighted by molar-refractivity contribution is 0.141. The molecule has 0 radical (unpaired) electrons. The van der Waals surface area contributed by atoms with Gasteiger partial charge in [0.1, 0.15) is 19.4 Å². The Kier molecular flexibility index (Phi) is 7.15. The van der Waals surface area contributed by atoms with Crippen molar-refractivity contribution < 1.29 is 9.68 Å². The van der Waals surface area contributed by atoms with Gasteiger partial charge in [0.05, 0.1) is 11.4 Å². The quantitative estimate of drug-likeness (QED) is 0.200. The summed E-state index contributed by atoms with van der Waals surface area (Å²) in [4.78, 5) is 15.3. The predicted octanol–water partition coefficient (Wildman–Crippen LogP) is 5.99. The largest absolute Gasteiger partial charge is 0.399 e. The van der Waals surface area contributed by atoms with Crippen molar-refractivity contribution >= 4 is 22.2 Å². The standard InChI is InChI=1S/C27H31N3O2/c1-19-23-13-5-4-10-21(23)18-25-24(19)14-6-7-15-27(25)30-32-17-9-12-22-11-8-16-26(28-22)20(2)29-31-3/h4-5,8,10-11,13,16,18H,6-7,9,12,14-15,17H2,1-3H3/b29-20+,30-27+. The molecule has 0 unspecified atom stereocenters. The molecule has 0 amide bonds. The highest BCUT2D eigenvalue weighted by Crippen LogP contribution is 2.30. The fourth-order valence-electron chi connectivity index (χ4n) is 4.42. The van der Waals surface area contributed by atoms with Gasteiger partial charge in [0.25, 0.3) is 0 Å². The van der Waals surface area contributed by atoms with Crippen molar-refractivity contribution in [2.24, 2.45) is 10.3 Å². The lowest BCUT2D eigenvalue weighted by atomic mass is 9.91. The van der Waals surface area contributed by atoms with E-state index in [1.54, 1.807) is 7.11 Å². The topological polar surface area (TPSA) is 56.1 Å². The highest BCUT2D eigenvalue weighted by Gasteiger charge is 2.18. The van der Waals surface area contributed by atoms with E-state index in [-0.39, 0.29) is 0 Å². The van der Waals surface area contributed by atoms with Gasteiger partial charge in [-0.3, -0.25) is 4.98 Å². The van der Waals surface area contributed by atoms with Crippen LogP contribution in [0.2, 0.25) is 0 Å². The van der Waals surface area contributed by atoms with Gasteiger partial charge in [0.2, 0.25) is 0 Å². The molecule has 1 aliphatic carbocycles. The van der Waals surface area contributed by atoms with Crippen molar-refractivity contribution in [3.63, 3.8) is 0 Å². The summed E-state index contributed by atoms with van der Waals surface area (Å²) in [5, 5.41) is 11.2. The number of aryl methyl sites for hydroxylation is 2. The molecular formula is C27H31N3O2. The summed E-state index contributed by atoms with van der Waals surface area (Å²) in [5.41, 5.74) is 7.78. The minimum absolute atomic E-state index is 0.572. The minimum Gasteiger partial charge on any atom is -0.399 e. The van der Waals surface area contributed by atoms with Crippen LogP contribution < -0.4 is 0 Å². The zero-order valence-corrected chi connectivity index (χ0v) is 19.2. The van der Waals surface area contributed by atoms with E-state index in [0.717, 1.165) is 54.9 Å². The van der Waals surface area contributed by atoms with Crippen molar-refractivity contribution in [1.82, 2.24) is 4.98 Å². The molecule has 0 saturated carbocycles. The van der Waals surface area contributed by atoms with Crippen LogP contribution in [0, 0.1) is 6.92 Å². The zero-order valence-electron chi connectivity index (χ0n) is 19.2. The van der Waals surface area contributed by atoms with Gasteiger partial charge >= 0.3 is 0 Å². The predicted molar refractivity (Wildman–Crippen MR) is 131 cm³/mol. The molecule has 32 heavy (non-hydrogen) atoms. The third kappa shape index (κ3) is 4.98. The van der Waals surface area contributed by atoms with Gasteiger partial charge in [-0.1, -0.05) is 40.6 Å². The Morgan fingerprint density at radius 2 is 1.91 bits per heavy atom. The minimum atomic E-state index is 0.572. The molecule has 0 spiro atoms. The highest BCUT2D eigenvalue weighted by atomic mass is 16.6. The molecule has 1 heterocycles. The molecular weight excluding hydrogens is 398 g/mol. The number of fused-ring (bicyclic) bond motifs is 2. The average molecular weight is 430 g/mol. The molecule has 1 aromatic heterocycles. The first-order chi connectivity index (χ1) is 15.7. The maximum atomic E-state index is 5.79. The van der Waals surface area contributed by atoms with E-state index in [2.05, 4.69) is 52.6 Å². The van der Waals surface area contributed by atoms with Crippen LogP contribution in [0.4, 0.5) is 0 Å². The number of rotatable bonds is 7. The molecule has 3 aromatic rings. The van der Waals surface area contributed by atoms with Crippen LogP contribution in [0.5, 0.6) is 0 Å². The number of benzene rings is 2. The molecule has 4 rings (SSSR count). The summed E-state index contributed by atoms with van der Waals surface area (Å²) in [6.07, 6.45) is 6.10. The van der Waals surface area contributed by atoms with E-state index < -0.39 is 0 Å². The summed E-state index contributed by atoms with van der Waals surface area (Å²) in [5.74, 6) is 0. The van der Waals surface area contributed by atoms with E-state index in [9.17, 15) is 0 Å². The number of hydrogen-bond donors (Lipinski definition) is 0. The Bertz CT molecular complexity index is 1150. The van der Waals surface area contributed by atoms with Crippen LogP contribution in [0.15, 0.2) is 58.8 Å². The summed E-state index contributed by atoms with van der Waals surface area (Å²) < 4.78 is 0. The SMILES string of the molecule is CO/N=C(\C)c1cccc(CCCO/N=C2\CCCCc3c2cc2ccccc2c3C)n1. The summed E-state index contributed by atoms with van der Waals surface area (Å²) in [6.45, 7) is 4.71. The van der Waals surface area contributed by atoms with Gasteiger partial charge in [-0.15, -0.1) is 0 Å². The number of aromatic nitrogens is 1. The fourth-order valence-corrected chi connectivity index (χ4v) is 4.42. The molecule has 0 saturated heterocycles. The van der Waals surface area contributed by atoms with Crippen molar-refractivity contribution in [2.75, 3.05) is 13.7 Å². The molecule has 0 atom stereocenters. The Balaban J connectivity index is 1.43. The molecule has 5 heteroatoms. The van der Waals surface area contributed by atoms with E-state index >= 15 is 0 Å². The summed E-state index contributed by atoms with van der Waals surface area (Å²) >= 11 is 0. The number of oxime groups is 2. The van der Waals surface area contributed by atoms with Crippen LogP contribution in [-0.2, 0) is 22.5 Å². The number of nitrogens with zero attached hydrogens (tertiary/aromatic N) is 3. The molecule has 2 aromatic carbocycles. The van der Waals surface area contributed by atoms with Gasteiger partial charge in [-0.2, -0.15) is 0 Å². The van der Waals surface area contributed by atoms with Crippen molar-refractivity contribution in [2.45, 2.75) is 52.4 Å². The van der Waals surface area contributed by atoms with E-state index in [0.29, 0.717) is 6.61 Å².